The normalized spacial score (nSPS) is 11.9. The summed E-state index contributed by atoms with van der Waals surface area (Å²) in [5.74, 6) is 0.296. The van der Waals surface area contributed by atoms with Crippen molar-refractivity contribution in [1.82, 2.24) is 0 Å². The molecule has 6 heteroatoms. The van der Waals surface area contributed by atoms with E-state index in [1.807, 2.05) is 25.1 Å². The van der Waals surface area contributed by atoms with Gasteiger partial charge in [-0.2, -0.15) is 0 Å². The molecule has 2 aromatic carbocycles. The number of aryl methyl sites for hydroxylation is 1. The first-order valence-electron chi connectivity index (χ1n) is 6.55. The highest BCUT2D eigenvalue weighted by Gasteiger charge is 2.17. The van der Waals surface area contributed by atoms with E-state index in [2.05, 4.69) is 5.32 Å². The summed E-state index contributed by atoms with van der Waals surface area (Å²) in [6, 6.07) is 10.5. The average Bonchev–Trinajstić information content (AvgIpc) is 2.44. The second kappa shape index (κ2) is 7.23. The van der Waals surface area contributed by atoms with Crippen molar-refractivity contribution in [2.24, 2.45) is 0 Å². The number of anilines is 1. The Morgan fingerprint density at radius 1 is 1.09 bits per heavy atom. The van der Waals surface area contributed by atoms with Gasteiger partial charge in [-0.25, -0.2) is 0 Å². The summed E-state index contributed by atoms with van der Waals surface area (Å²) in [7, 11) is 0. The Hall–Kier alpha value is -1.42. The van der Waals surface area contributed by atoms with Gasteiger partial charge in [0, 0.05) is 0 Å². The van der Waals surface area contributed by atoms with Crippen molar-refractivity contribution in [2.75, 3.05) is 5.32 Å². The van der Waals surface area contributed by atoms with Crippen LogP contribution in [0.15, 0.2) is 36.4 Å². The van der Waals surface area contributed by atoms with E-state index in [4.69, 9.17) is 39.5 Å². The Morgan fingerprint density at radius 2 is 1.77 bits per heavy atom. The zero-order valence-corrected chi connectivity index (χ0v) is 14.3. The van der Waals surface area contributed by atoms with Crippen LogP contribution in [0.1, 0.15) is 12.5 Å². The second-order valence-electron chi connectivity index (χ2n) is 4.81. The van der Waals surface area contributed by atoms with Gasteiger partial charge in [0.05, 0.1) is 20.8 Å². The number of nitrogens with one attached hydrogen (secondary N) is 1. The Labute approximate surface area is 144 Å². The van der Waals surface area contributed by atoms with Crippen molar-refractivity contribution >= 4 is 46.4 Å². The number of ether oxygens (including phenoxy) is 1. The van der Waals surface area contributed by atoms with Gasteiger partial charge in [-0.3, -0.25) is 4.79 Å². The zero-order chi connectivity index (χ0) is 16.3. The quantitative estimate of drug-likeness (QED) is 0.747. The molecule has 116 valence electrons. The molecule has 1 amide bonds. The molecule has 2 aromatic rings. The number of hydrogen-bond acceptors (Lipinski definition) is 2. The first-order valence-corrected chi connectivity index (χ1v) is 7.69. The van der Waals surface area contributed by atoms with Gasteiger partial charge in [-0.05, 0) is 43.7 Å². The molecule has 0 spiro atoms. The fraction of sp³-hybridized carbons (Fsp3) is 0.188. The molecule has 0 heterocycles. The van der Waals surface area contributed by atoms with Gasteiger partial charge >= 0.3 is 0 Å². The molecule has 0 aliphatic rings. The molecule has 0 radical (unpaired) electrons. The van der Waals surface area contributed by atoms with E-state index in [0.717, 1.165) is 5.56 Å². The number of rotatable bonds is 4. The van der Waals surface area contributed by atoms with E-state index in [1.54, 1.807) is 13.0 Å². The monoisotopic (exact) mass is 357 g/mol. The van der Waals surface area contributed by atoms with Gasteiger partial charge < -0.3 is 10.1 Å². The first-order chi connectivity index (χ1) is 10.4. The van der Waals surface area contributed by atoms with Gasteiger partial charge in [-0.1, -0.05) is 46.9 Å². The van der Waals surface area contributed by atoms with E-state index in [1.165, 1.54) is 12.1 Å². The predicted octanol–water partition coefficient (Wildman–Crippen LogP) is 5.36. The van der Waals surface area contributed by atoms with Crippen molar-refractivity contribution in [2.45, 2.75) is 20.0 Å². The Kier molecular flexibility index (Phi) is 5.57. The molecule has 0 unspecified atom stereocenters. The average molecular weight is 359 g/mol. The van der Waals surface area contributed by atoms with Crippen molar-refractivity contribution in [1.29, 1.82) is 0 Å². The molecule has 3 nitrogen and oxygen atoms in total. The van der Waals surface area contributed by atoms with Crippen LogP contribution in [0.5, 0.6) is 5.75 Å². The SMILES string of the molecule is Cc1cccc(O[C@H](C)C(=O)Nc2cc(Cl)c(Cl)cc2Cl)c1. The molecule has 0 aromatic heterocycles. The summed E-state index contributed by atoms with van der Waals surface area (Å²) in [5, 5.41) is 3.63. The lowest BCUT2D eigenvalue weighted by Crippen LogP contribution is -2.30. The Balaban J connectivity index is 2.07. The Bertz CT molecular complexity index is 704. The Morgan fingerprint density at radius 3 is 2.45 bits per heavy atom. The summed E-state index contributed by atoms with van der Waals surface area (Å²) >= 11 is 17.8. The maximum absolute atomic E-state index is 12.2. The third-order valence-corrected chi connectivity index (χ3v) is 3.97. The van der Waals surface area contributed by atoms with Crippen LogP contribution in [-0.2, 0) is 4.79 Å². The maximum atomic E-state index is 12.2. The highest BCUT2D eigenvalue weighted by atomic mass is 35.5. The van der Waals surface area contributed by atoms with Gasteiger partial charge in [0.15, 0.2) is 6.10 Å². The molecule has 1 atom stereocenters. The van der Waals surface area contributed by atoms with Crippen LogP contribution in [0.25, 0.3) is 0 Å². The van der Waals surface area contributed by atoms with Crippen LogP contribution in [0.2, 0.25) is 15.1 Å². The van der Waals surface area contributed by atoms with Gasteiger partial charge in [0.25, 0.3) is 5.91 Å². The number of benzene rings is 2. The molecular formula is C16H14Cl3NO2. The molecule has 0 saturated carbocycles. The second-order valence-corrected chi connectivity index (χ2v) is 6.03. The number of carbonyl (C=O) groups excluding carboxylic acids is 1. The van der Waals surface area contributed by atoms with Crippen molar-refractivity contribution in [3.05, 3.63) is 57.0 Å². The standard InChI is InChI=1S/C16H14Cl3NO2/c1-9-4-3-5-11(6-9)22-10(2)16(21)20-15-8-13(18)12(17)7-14(15)19/h3-8,10H,1-2H3,(H,20,21)/t10-/m1/s1. The fourth-order valence-corrected chi connectivity index (χ4v) is 2.39. The van der Waals surface area contributed by atoms with Gasteiger partial charge in [0.2, 0.25) is 0 Å². The van der Waals surface area contributed by atoms with E-state index in [9.17, 15) is 4.79 Å². The van der Waals surface area contributed by atoms with E-state index in [-0.39, 0.29) is 5.91 Å². The molecule has 22 heavy (non-hydrogen) atoms. The highest BCUT2D eigenvalue weighted by molar-refractivity contribution is 6.44. The minimum atomic E-state index is -0.688. The molecule has 0 fully saturated rings. The minimum absolute atomic E-state index is 0.311. The molecule has 2 rings (SSSR count). The van der Waals surface area contributed by atoms with E-state index >= 15 is 0 Å². The summed E-state index contributed by atoms with van der Waals surface area (Å²) in [6.45, 7) is 3.61. The minimum Gasteiger partial charge on any atom is -0.481 e. The van der Waals surface area contributed by atoms with Crippen LogP contribution in [0, 0.1) is 6.92 Å². The summed E-state index contributed by atoms with van der Waals surface area (Å²) in [6.07, 6.45) is -0.688. The van der Waals surface area contributed by atoms with Crippen LogP contribution in [-0.4, -0.2) is 12.0 Å². The van der Waals surface area contributed by atoms with Crippen LogP contribution < -0.4 is 10.1 Å². The first kappa shape index (κ1) is 16.9. The van der Waals surface area contributed by atoms with Gasteiger partial charge in [0.1, 0.15) is 5.75 Å². The zero-order valence-electron chi connectivity index (χ0n) is 12.0. The van der Waals surface area contributed by atoms with E-state index < -0.39 is 6.10 Å². The smallest absolute Gasteiger partial charge is 0.265 e. The van der Waals surface area contributed by atoms with E-state index in [0.29, 0.717) is 26.5 Å². The summed E-state index contributed by atoms with van der Waals surface area (Å²) in [4.78, 5) is 12.2. The highest BCUT2D eigenvalue weighted by Crippen LogP contribution is 2.32. The molecule has 1 N–H and O–H groups in total. The third kappa shape index (κ3) is 4.29. The van der Waals surface area contributed by atoms with Crippen LogP contribution in [0.3, 0.4) is 0 Å². The molecule has 0 aliphatic heterocycles. The van der Waals surface area contributed by atoms with Gasteiger partial charge in [-0.15, -0.1) is 0 Å². The molecule has 0 saturated heterocycles. The number of hydrogen-bond donors (Lipinski definition) is 1. The van der Waals surface area contributed by atoms with Crippen LogP contribution >= 0.6 is 34.8 Å². The number of carbonyl (C=O) groups is 1. The summed E-state index contributed by atoms with van der Waals surface area (Å²) < 4.78 is 5.61. The van der Waals surface area contributed by atoms with Crippen molar-refractivity contribution in [3.8, 4) is 5.75 Å². The third-order valence-electron chi connectivity index (χ3n) is 2.94. The topological polar surface area (TPSA) is 38.3 Å². The fourth-order valence-electron chi connectivity index (χ4n) is 1.80. The van der Waals surface area contributed by atoms with Crippen molar-refractivity contribution in [3.63, 3.8) is 0 Å². The maximum Gasteiger partial charge on any atom is 0.265 e. The van der Waals surface area contributed by atoms with Crippen molar-refractivity contribution < 1.29 is 9.53 Å². The van der Waals surface area contributed by atoms with Crippen LogP contribution in [0.4, 0.5) is 5.69 Å². The summed E-state index contributed by atoms with van der Waals surface area (Å²) in [5.41, 5.74) is 1.44. The lowest BCUT2D eigenvalue weighted by molar-refractivity contribution is -0.122. The predicted molar refractivity (Wildman–Crippen MR) is 91.4 cm³/mol. The molecular weight excluding hydrogens is 345 g/mol. The lowest BCUT2D eigenvalue weighted by atomic mass is 10.2. The largest absolute Gasteiger partial charge is 0.481 e. The number of amides is 1. The number of halogens is 3. The molecule has 0 bridgehead atoms. The molecule has 0 aliphatic carbocycles. The lowest BCUT2D eigenvalue weighted by Gasteiger charge is -2.16.